The van der Waals surface area contributed by atoms with Crippen molar-refractivity contribution in [2.45, 2.75) is 30.7 Å². The SMILES string of the molecule is COc1cccc(C(N)C2(c3ccccc3)CCC2)c1. The molecular weight excluding hydrogens is 246 g/mol. The van der Waals surface area contributed by atoms with Crippen LogP contribution in [0.2, 0.25) is 0 Å². The van der Waals surface area contributed by atoms with Gasteiger partial charge in [0.05, 0.1) is 7.11 Å². The first-order valence-corrected chi connectivity index (χ1v) is 7.21. The lowest BCUT2D eigenvalue weighted by atomic mass is 9.59. The highest BCUT2D eigenvalue weighted by molar-refractivity contribution is 5.38. The van der Waals surface area contributed by atoms with Gasteiger partial charge in [-0.1, -0.05) is 48.9 Å². The van der Waals surface area contributed by atoms with Gasteiger partial charge in [0.1, 0.15) is 5.75 Å². The van der Waals surface area contributed by atoms with Crippen LogP contribution in [-0.2, 0) is 5.41 Å². The van der Waals surface area contributed by atoms with Crippen molar-refractivity contribution < 1.29 is 4.74 Å². The molecule has 0 aromatic heterocycles. The van der Waals surface area contributed by atoms with E-state index in [9.17, 15) is 0 Å². The molecule has 2 aromatic rings. The smallest absolute Gasteiger partial charge is 0.119 e. The van der Waals surface area contributed by atoms with Crippen LogP contribution in [0.3, 0.4) is 0 Å². The lowest BCUT2D eigenvalue weighted by Crippen LogP contribution is -2.44. The highest BCUT2D eigenvalue weighted by Gasteiger charge is 2.44. The summed E-state index contributed by atoms with van der Waals surface area (Å²) in [6.45, 7) is 0. The predicted molar refractivity (Wildman–Crippen MR) is 81.9 cm³/mol. The Hall–Kier alpha value is -1.80. The summed E-state index contributed by atoms with van der Waals surface area (Å²) in [5.41, 5.74) is 9.25. The molecule has 0 spiro atoms. The molecule has 20 heavy (non-hydrogen) atoms. The minimum Gasteiger partial charge on any atom is -0.497 e. The molecule has 1 aliphatic rings. The fourth-order valence-corrected chi connectivity index (χ4v) is 3.26. The zero-order valence-electron chi connectivity index (χ0n) is 11.9. The Balaban J connectivity index is 1.97. The van der Waals surface area contributed by atoms with Gasteiger partial charge in [-0.15, -0.1) is 0 Å². The number of methoxy groups -OCH3 is 1. The molecule has 3 rings (SSSR count). The summed E-state index contributed by atoms with van der Waals surface area (Å²) < 4.78 is 5.32. The van der Waals surface area contributed by atoms with E-state index in [2.05, 4.69) is 42.5 Å². The third-order valence-electron chi connectivity index (χ3n) is 4.64. The fraction of sp³-hybridized carbons (Fsp3) is 0.333. The highest BCUT2D eigenvalue weighted by atomic mass is 16.5. The van der Waals surface area contributed by atoms with E-state index >= 15 is 0 Å². The van der Waals surface area contributed by atoms with E-state index in [1.807, 2.05) is 12.1 Å². The van der Waals surface area contributed by atoms with Crippen LogP contribution in [0, 0.1) is 0 Å². The standard InChI is InChI=1S/C18H21NO/c1-20-16-10-5-7-14(13-16)17(19)18(11-6-12-18)15-8-3-2-4-9-15/h2-5,7-10,13,17H,6,11-12,19H2,1H3. The molecule has 0 aliphatic heterocycles. The van der Waals surface area contributed by atoms with Gasteiger partial charge >= 0.3 is 0 Å². The van der Waals surface area contributed by atoms with Gasteiger partial charge in [0.25, 0.3) is 0 Å². The van der Waals surface area contributed by atoms with E-state index in [0.717, 1.165) is 24.2 Å². The third-order valence-corrected chi connectivity index (χ3v) is 4.64. The van der Waals surface area contributed by atoms with Gasteiger partial charge in [-0.2, -0.15) is 0 Å². The number of nitrogens with two attached hydrogens (primary N) is 1. The van der Waals surface area contributed by atoms with Crippen molar-refractivity contribution in [1.29, 1.82) is 0 Å². The Bertz CT molecular complexity index is 575. The molecule has 104 valence electrons. The number of hydrogen-bond acceptors (Lipinski definition) is 2. The number of benzene rings is 2. The van der Waals surface area contributed by atoms with Gasteiger partial charge in [0, 0.05) is 11.5 Å². The summed E-state index contributed by atoms with van der Waals surface area (Å²) in [7, 11) is 1.70. The lowest BCUT2D eigenvalue weighted by Gasteiger charge is -2.47. The van der Waals surface area contributed by atoms with Crippen LogP contribution in [0.4, 0.5) is 0 Å². The van der Waals surface area contributed by atoms with E-state index in [-0.39, 0.29) is 11.5 Å². The molecule has 2 nitrogen and oxygen atoms in total. The molecule has 0 heterocycles. The van der Waals surface area contributed by atoms with Crippen molar-refractivity contribution in [2.24, 2.45) is 5.73 Å². The number of hydrogen-bond donors (Lipinski definition) is 1. The molecule has 2 heteroatoms. The summed E-state index contributed by atoms with van der Waals surface area (Å²) in [5, 5.41) is 0. The van der Waals surface area contributed by atoms with E-state index in [0.29, 0.717) is 0 Å². The summed E-state index contributed by atoms with van der Waals surface area (Å²) in [5.74, 6) is 0.875. The third kappa shape index (κ3) is 2.10. The Morgan fingerprint density at radius 3 is 2.40 bits per heavy atom. The molecule has 0 saturated heterocycles. The largest absolute Gasteiger partial charge is 0.497 e. The second-order valence-electron chi connectivity index (χ2n) is 5.63. The van der Waals surface area contributed by atoms with Crippen molar-refractivity contribution in [3.63, 3.8) is 0 Å². The van der Waals surface area contributed by atoms with Crippen LogP contribution < -0.4 is 10.5 Å². The molecule has 1 fully saturated rings. The van der Waals surface area contributed by atoms with Gasteiger partial charge in [0.2, 0.25) is 0 Å². The maximum atomic E-state index is 6.64. The van der Waals surface area contributed by atoms with Crippen molar-refractivity contribution in [3.8, 4) is 5.75 Å². The summed E-state index contributed by atoms with van der Waals surface area (Å²) >= 11 is 0. The van der Waals surface area contributed by atoms with Gasteiger partial charge in [-0.25, -0.2) is 0 Å². The highest BCUT2D eigenvalue weighted by Crippen LogP contribution is 2.51. The van der Waals surface area contributed by atoms with E-state index in [4.69, 9.17) is 10.5 Å². The van der Waals surface area contributed by atoms with Gasteiger partial charge < -0.3 is 10.5 Å². The molecule has 2 aromatic carbocycles. The van der Waals surface area contributed by atoms with Crippen molar-refractivity contribution in [3.05, 3.63) is 65.7 Å². The molecule has 1 aliphatic carbocycles. The maximum absolute atomic E-state index is 6.64. The Morgan fingerprint density at radius 2 is 1.80 bits per heavy atom. The minimum absolute atomic E-state index is 0.0220. The Morgan fingerprint density at radius 1 is 1.05 bits per heavy atom. The minimum atomic E-state index is 0.0220. The van der Waals surface area contributed by atoms with Crippen LogP contribution >= 0.6 is 0 Å². The second kappa shape index (κ2) is 5.29. The molecular formula is C18H21NO. The summed E-state index contributed by atoms with van der Waals surface area (Å²) in [6, 6.07) is 18.9. The molecule has 1 saturated carbocycles. The molecule has 0 radical (unpaired) electrons. The van der Waals surface area contributed by atoms with Crippen LogP contribution in [0.25, 0.3) is 0 Å². The van der Waals surface area contributed by atoms with Crippen LogP contribution in [-0.4, -0.2) is 7.11 Å². The zero-order valence-corrected chi connectivity index (χ0v) is 11.9. The topological polar surface area (TPSA) is 35.2 Å². The van der Waals surface area contributed by atoms with Crippen molar-refractivity contribution in [1.82, 2.24) is 0 Å². The molecule has 0 bridgehead atoms. The second-order valence-corrected chi connectivity index (χ2v) is 5.63. The normalized spacial score (nSPS) is 18.1. The molecule has 1 atom stereocenters. The Kier molecular flexibility index (Phi) is 3.49. The average molecular weight is 267 g/mol. The number of ether oxygens (including phenoxy) is 1. The van der Waals surface area contributed by atoms with E-state index in [1.54, 1.807) is 7.11 Å². The van der Waals surface area contributed by atoms with Crippen LogP contribution in [0.5, 0.6) is 5.75 Å². The maximum Gasteiger partial charge on any atom is 0.119 e. The molecule has 1 unspecified atom stereocenters. The van der Waals surface area contributed by atoms with Crippen LogP contribution in [0.1, 0.15) is 36.4 Å². The van der Waals surface area contributed by atoms with Gasteiger partial charge in [0.15, 0.2) is 0 Å². The van der Waals surface area contributed by atoms with Crippen LogP contribution in [0.15, 0.2) is 54.6 Å². The fourth-order valence-electron chi connectivity index (χ4n) is 3.26. The first kappa shape index (κ1) is 13.2. The van der Waals surface area contributed by atoms with Crippen molar-refractivity contribution in [2.75, 3.05) is 7.11 Å². The van der Waals surface area contributed by atoms with Crippen molar-refractivity contribution >= 4 is 0 Å². The average Bonchev–Trinajstić information content (AvgIpc) is 2.47. The van der Waals surface area contributed by atoms with Gasteiger partial charge in [-0.3, -0.25) is 0 Å². The predicted octanol–water partition coefficient (Wildman–Crippen LogP) is 3.82. The van der Waals surface area contributed by atoms with Gasteiger partial charge in [-0.05, 0) is 36.1 Å². The quantitative estimate of drug-likeness (QED) is 0.914. The zero-order chi connectivity index (χ0) is 14.0. The summed E-state index contributed by atoms with van der Waals surface area (Å²) in [6.07, 6.45) is 3.58. The lowest BCUT2D eigenvalue weighted by molar-refractivity contribution is 0.196. The molecule has 0 amide bonds. The first-order chi connectivity index (χ1) is 9.76. The monoisotopic (exact) mass is 267 g/mol. The Labute approximate surface area is 120 Å². The van der Waals surface area contributed by atoms with E-state index in [1.165, 1.54) is 12.0 Å². The number of rotatable bonds is 4. The first-order valence-electron chi connectivity index (χ1n) is 7.21. The summed E-state index contributed by atoms with van der Waals surface area (Å²) in [4.78, 5) is 0. The molecule has 2 N–H and O–H groups in total. The van der Waals surface area contributed by atoms with E-state index < -0.39 is 0 Å².